The van der Waals surface area contributed by atoms with Gasteiger partial charge in [0.1, 0.15) is 0 Å². The highest BCUT2D eigenvalue weighted by Gasteiger charge is 2.21. The summed E-state index contributed by atoms with van der Waals surface area (Å²) >= 11 is 5.60. The summed E-state index contributed by atoms with van der Waals surface area (Å²) in [6.45, 7) is 12.1. The first kappa shape index (κ1) is 18.9. The average Bonchev–Trinajstić information content (AvgIpc) is 2.88. The van der Waals surface area contributed by atoms with Gasteiger partial charge in [0.25, 0.3) is 0 Å². The normalized spacial score (nSPS) is 15.3. The molecule has 0 radical (unpaired) electrons. The summed E-state index contributed by atoms with van der Waals surface area (Å²) in [6.07, 6.45) is 0. The van der Waals surface area contributed by atoms with E-state index >= 15 is 0 Å². The Balaban J connectivity index is 1.47. The maximum absolute atomic E-state index is 5.60. The molecular weight excluding hydrogens is 342 g/mol. The molecule has 26 heavy (non-hydrogen) atoms. The summed E-state index contributed by atoms with van der Waals surface area (Å²) in [6, 6.07) is 8.59. The minimum Gasteiger partial charge on any atom is -0.358 e. The minimum absolute atomic E-state index is 0.785. The van der Waals surface area contributed by atoms with Gasteiger partial charge in [-0.3, -0.25) is 9.58 Å². The van der Waals surface area contributed by atoms with Gasteiger partial charge in [-0.25, -0.2) is 0 Å². The first-order valence-corrected chi connectivity index (χ1v) is 9.64. The summed E-state index contributed by atoms with van der Waals surface area (Å²) in [5.74, 6) is 0. The highest BCUT2D eigenvalue weighted by Crippen LogP contribution is 2.16. The van der Waals surface area contributed by atoms with Crippen LogP contribution < -0.4 is 5.32 Å². The van der Waals surface area contributed by atoms with Gasteiger partial charge in [-0.2, -0.15) is 5.10 Å². The van der Waals surface area contributed by atoms with Crippen LogP contribution in [-0.4, -0.2) is 50.9 Å². The molecule has 140 valence electrons. The molecule has 0 spiro atoms. The van der Waals surface area contributed by atoms with E-state index in [0.29, 0.717) is 0 Å². The van der Waals surface area contributed by atoms with Gasteiger partial charge >= 0.3 is 0 Å². The summed E-state index contributed by atoms with van der Waals surface area (Å²) in [5, 5.41) is 8.79. The molecule has 3 rings (SSSR count). The summed E-state index contributed by atoms with van der Waals surface area (Å²) < 4.78 is 1.98. The Morgan fingerprint density at radius 1 is 1.08 bits per heavy atom. The van der Waals surface area contributed by atoms with Crippen molar-refractivity contribution in [2.75, 3.05) is 26.2 Å². The number of nitrogens with one attached hydrogen (secondary N) is 1. The number of nitrogens with zero attached hydrogens (tertiary/aromatic N) is 4. The zero-order valence-electron chi connectivity index (χ0n) is 16.2. The van der Waals surface area contributed by atoms with E-state index in [1.54, 1.807) is 0 Å². The fourth-order valence-corrected chi connectivity index (χ4v) is 3.63. The van der Waals surface area contributed by atoms with Gasteiger partial charge in [0.05, 0.1) is 5.69 Å². The first-order valence-electron chi connectivity index (χ1n) is 9.24. The molecule has 1 N–H and O–H groups in total. The summed E-state index contributed by atoms with van der Waals surface area (Å²) in [5.41, 5.74) is 6.31. The van der Waals surface area contributed by atoms with E-state index in [9.17, 15) is 0 Å². The zero-order chi connectivity index (χ0) is 18.7. The average molecular weight is 372 g/mol. The van der Waals surface area contributed by atoms with Crippen molar-refractivity contribution >= 4 is 17.3 Å². The second-order valence-corrected chi connectivity index (χ2v) is 7.57. The van der Waals surface area contributed by atoms with Gasteiger partial charge in [-0.05, 0) is 38.6 Å². The van der Waals surface area contributed by atoms with Gasteiger partial charge in [0, 0.05) is 57.6 Å². The summed E-state index contributed by atoms with van der Waals surface area (Å²) in [4.78, 5) is 4.78. The molecule has 0 atom stereocenters. The minimum atomic E-state index is 0.785. The van der Waals surface area contributed by atoms with Crippen molar-refractivity contribution in [1.82, 2.24) is 24.9 Å². The van der Waals surface area contributed by atoms with E-state index in [4.69, 9.17) is 12.2 Å². The van der Waals surface area contributed by atoms with Crippen LogP contribution >= 0.6 is 12.2 Å². The van der Waals surface area contributed by atoms with Crippen molar-refractivity contribution in [3.63, 3.8) is 0 Å². The third-order valence-electron chi connectivity index (χ3n) is 5.26. The third-order valence-corrected chi connectivity index (χ3v) is 5.67. The highest BCUT2D eigenvalue weighted by molar-refractivity contribution is 7.80. The maximum Gasteiger partial charge on any atom is 0.169 e. The van der Waals surface area contributed by atoms with Crippen LogP contribution in [0.1, 0.15) is 28.1 Å². The molecule has 1 fully saturated rings. The Labute approximate surface area is 162 Å². The number of hydrogen-bond acceptors (Lipinski definition) is 3. The van der Waals surface area contributed by atoms with Crippen LogP contribution in [0.4, 0.5) is 0 Å². The van der Waals surface area contributed by atoms with Crippen LogP contribution in [0, 0.1) is 20.8 Å². The molecule has 1 saturated heterocycles. The number of aromatic nitrogens is 2. The molecular formula is C20H29N5S. The van der Waals surface area contributed by atoms with Crippen molar-refractivity contribution in [1.29, 1.82) is 0 Å². The standard InChI is InChI=1S/C20H29N5S/c1-15-5-7-18(8-6-15)13-21-20(26)25-11-9-24(10-12-25)14-19-16(2)22-23(4)17(19)3/h5-8H,9-14H2,1-4H3,(H,21,26). The van der Waals surface area contributed by atoms with Crippen molar-refractivity contribution in [2.24, 2.45) is 7.05 Å². The zero-order valence-corrected chi connectivity index (χ0v) is 17.1. The van der Waals surface area contributed by atoms with E-state index in [2.05, 4.69) is 65.3 Å². The summed E-state index contributed by atoms with van der Waals surface area (Å²) in [7, 11) is 2.02. The van der Waals surface area contributed by atoms with Crippen molar-refractivity contribution in [3.8, 4) is 0 Å². The second-order valence-electron chi connectivity index (χ2n) is 7.18. The largest absolute Gasteiger partial charge is 0.358 e. The van der Waals surface area contributed by atoms with Crippen LogP contribution in [0.5, 0.6) is 0 Å². The van der Waals surface area contributed by atoms with Crippen LogP contribution in [0.25, 0.3) is 0 Å². The molecule has 0 saturated carbocycles. The molecule has 1 aliphatic rings. The Morgan fingerprint density at radius 2 is 1.73 bits per heavy atom. The van der Waals surface area contributed by atoms with Crippen molar-refractivity contribution < 1.29 is 0 Å². The highest BCUT2D eigenvalue weighted by atomic mass is 32.1. The monoisotopic (exact) mass is 371 g/mol. The van der Waals surface area contributed by atoms with Crippen molar-refractivity contribution in [2.45, 2.75) is 33.9 Å². The van der Waals surface area contributed by atoms with Crippen LogP contribution in [-0.2, 0) is 20.1 Å². The number of benzene rings is 1. The fourth-order valence-electron chi connectivity index (χ4n) is 3.37. The maximum atomic E-state index is 5.60. The second kappa shape index (κ2) is 8.18. The number of piperazine rings is 1. The van der Waals surface area contributed by atoms with Crippen LogP contribution in [0.15, 0.2) is 24.3 Å². The Bertz CT molecular complexity index is 757. The third kappa shape index (κ3) is 4.43. The Hall–Kier alpha value is -1.92. The number of aryl methyl sites for hydroxylation is 3. The van der Waals surface area contributed by atoms with Gasteiger partial charge < -0.3 is 10.2 Å². The first-order chi connectivity index (χ1) is 12.4. The topological polar surface area (TPSA) is 36.3 Å². The van der Waals surface area contributed by atoms with Crippen LogP contribution in [0.2, 0.25) is 0 Å². The van der Waals surface area contributed by atoms with E-state index < -0.39 is 0 Å². The predicted molar refractivity (Wildman–Crippen MR) is 110 cm³/mol. The van der Waals surface area contributed by atoms with E-state index in [1.807, 2.05) is 11.7 Å². The van der Waals surface area contributed by atoms with Gasteiger partial charge in [-0.1, -0.05) is 29.8 Å². The van der Waals surface area contributed by atoms with Gasteiger partial charge in [-0.15, -0.1) is 0 Å². The lowest BCUT2D eigenvalue weighted by atomic mass is 10.1. The lowest BCUT2D eigenvalue weighted by Crippen LogP contribution is -2.51. The van der Waals surface area contributed by atoms with Crippen LogP contribution in [0.3, 0.4) is 0 Å². The molecule has 6 heteroatoms. The quantitative estimate of drug-likeness (QED) is 0.836. The Morgan fingerprint density at radius 3 is 2.31 bits per heavy atom. The van der Waals surface area contributed by atoms with Crippen molar-refractivity contribution in [3.05, 3.63) is 52.3 Å². The smallest absolute Gasteiger partial charge is 0.169 e. The van der Waals surface area contributed by atoms with E-state index in [0.717, 1.165) is 50.1 Å². The molecule has 1 aromatic heterocycles. The van der Waals surface area contributed by atoms with E-state index in [1.165, 1.54) is 22.4 Å². The number of thiocarbonyl (C=S) groups is 1. The molecule has 0 bridgehead atoms. The predicted octanol–water partition coefficient (Wildman–Crippen LogP) is 2.54. The molecule has 1 aliphatic heterocycles. The molecule has 2 aromatic rings. The molecule has 2 heterocycles. The lowest BCUT2D eigenvalue weighted by Gasteiger charge is -2.36. The SMILES string of the molecule is Cc1ccc(CNC(=S)N2CCN(Cc3c(C)nn(C)c3C)CC2)cc1. The Kier molecular flexibility index (Phi) is 5.94. The molecule has 0 amide bonds. The van der Waals surface area contributed by atoms with Gasteiger partial charge in [0.15, 0.2) is 5.11 Å². The lowest BCUT2D eigenvalue weighted by molar-refractivity contribution is 0.174. The number of hydrogen-bond donors (Lipinski definition) is 1. The number of rotatable bonds is 4. The fraction of sp³-hybridized carbons (Fsp3) is 0.500. The molecule has 1 aromatic carbocycles. The molecule has 5 nitrogen and oxygen atoms in total. The van der Waals surface area contributed by atoms with E-state index in [-0.39, 0.29) is 0 Å². The molecule has 0 aliphatic carbocycles. The molecule has 0 unspecified atom stereocenters. The van der Waals surface area contributed by atoms with Gasteiger partial charge in [0.2, 0.25) is 0 Å².